The third-order valence-electron chi connectivity index (χ3n) is 7.91. The van der Waals surface area contributed by atoms with E-state index in [0.29, 0.717) is 12.5 Å². The van der Waals surface area contributed by atoms with E-state index in [0.717, 1.165) is 77.4 Å². The summed E-state index contributed by atoms with van der Waals surface area (Å²) >= 11 is 0. The number of halogens is 1. The lowest BCUT2D eigenvalue weighted by atomic mass is 9.96. The van der Waals surface area contributed by atoms with Crippen molar-refractivity contribution in [3.8, 4) is 28.4 Å². The highest BCUT2D eigenvalue weighted by atomic mass is 19.1. The van der Waals surface area contributed by atoms with E-state index in [-0.39, 0.29) is 5.75 Å². The van der Waals surface area contributed by atoms with E-state index in [9.17, 15) is 9.50 Å². The Balaban J connectivity index is 0.000000511. The summed E-state index contributed by atoms with van der Waals surface area (Å²) in [5, 5.41) is 33.2. The van der Waals surface area contributed by atoms with Crippen LogP contribution < -0.4 is 0 Å². The molecule has 4 heterocycles. The topological polar surface area (TPSA) is 159 Å². The van der Waals surface area contributed by atoms with Crippen molar-refractivity contribution in [1.29, 1.82) is 0 Å². The van der Waals surface area contributed by atoms with Gasteiger partial charge in [0.25, 0.3) is 0 Å². The Bertz CT molecular complexity index is 1580. The molecule has 0 saturated carbocycles. The van der Waals surface area contributed by atoms with Crippen LogP contribution in [0.15, 0.2) is 30.3 Å². The zero-order valence-electron chi connectivity index (χ0n) is 22.9. The molecule has 0 aliphatic carbocycles. The lowest BCUT2D eigenvalue weighted by Gasteiger charge is -2.38. The number of carboxylic acid groups (broad SMARTS) is 2. The highest BCUT2D eigenvalue weighted by molar-refractivity contribution is 6.27. The lowest BCUT2D eigenvalue weighted by molar-refractivity contribution is -0.159. The molecule has 0 bridgehead atoms. The van der Waals surface area contributed by atoms with Crippen molar-refractivity contribution in [3.63, 3.8) is 0 Å². The second-order valence-electron chi connectivity index (χ2n) is 10.5. The second kappa shape index (κ2) is 11.7. The molecule has 0 radical (unpaired) electrons. The molecule has 2 aromatic heterocycles. The fourth-order valence-electron chi connectivity index (χ4n) is 5.63. The van der Waals surface area contributed by atoms with Gasteiger partial charge in [-0.3, -0.25) is 10.00 Å². The van der Waals surface area contributed by atoms with Crippen LogP contribution in [0.3, 0.4) is 0 Å². The maximum atomic E-state index is 14.1. The molecule has 2 aliphatic rings. The summed E-state index contributed by atoms with van der Waals surface area (Å²) in [6.07, 6.45) is 4.12. The number of piperidine rings is 1. The van der Waals surface area contributed by atoms with Crippen molar-refractivity contribution in [2.75, 3.05) is 26.7 Å². The van der Waals surface area contributed by atoms with Crippen LogP contribution in [0.2, 0.25) is 0 Å². The third kappa shape index (κ3) is 5.93. The minimum Gasteiger partial charge on any atom is -0.505 e. The van der Waals surface area contributed by atoms with Gasteiger partial charge in [0.05, 0.1) is 11.2 Å². The van der Waals surface area contributed by atoms with Crippen molar-refractivity contribution in [3.05, 3.63) is 53.1 Å². The van der Waals surface area contributed by atoms with E-state index in [4.69, 9.17) is 24.8 Å². The largest absolute Gasteiger partial charge is 0.505 e. The molecule has 41 heavy (non-hydrogen) atoms. The SMILES string of the molecule is CCc1cc(O)c(F)cc1-c1ccc2c(-c3nc4c([nH]3)CCN(C3CCN(C)CC3)C4)n[nH]c2c1.O=C(O)C(=O)O. The Hall–Kier alpha value is -4.29. The van der Waals surface area contributed by atoms with Crippen molar-refractivity contribution in [2.45, 2.75) is 45.2 Å². The molecule has 0 unspecified atom stereocenters. The molecule has 1 saturated heterocycles. The summed E-state index contributed by atoms with van der Waals surface area (Å²) in [4.78, 5) is 31.7. The van der Waals surface area contributed by atoms with E-state index < -0.39 is 17.8 Å². The smallest absolute Gasteiger partial charge is 0.414 e. The number of imidazole rings is 1. The molecule has 2 aromatic carbocycles. The Morgan fingerprint density at radius 3 is 2.51 bits per heavy atom. The van der Waals surface area contributed by atoms with E-state index in [2.05, 4.69) is 32.0 Å². The van der Waals surface area contributed by atoms with Gasteiger partial charge < -0.3 is 25.2 Å². The van der Waals surface area contributed by atoms with Crippen LogP contribution in [-0.4, -0.2) is 89.9 Å². The average Bonchev–Trinajstić information content (AvgIpc) is 3.58. The van der Waals surface area contributed by atoms with Crippen LogP contribution in [0.5, 0.6) is 5.75 Å². The minimum atomic E-state index is -1.82. The molecule has 12 heteroatoms. The predicted molar refractivity (Wildman–Crippen MR) is 150 cm³/mol. The quantitative estimate of drug-likeness (QED) is 0.233. The highest BCUT2D eigenvalue weighted by Gasteiger charge is 2.29. The number of phenolic OH excluding ortho intramolecular Hbond substituents is 1. The number of nitrogens with zero attached hydrogens (tertiary/aromatic N) is 4. The number of nitrogens with one attached hydrogen (secondary N) is 2. The first-order valence-corrected chi connectivity index (χ1v) is 13.6. The van der Waals surface area contributed by atoms with Gasteiger partial charge in [0, 0.05) is 36.6 Å². The van der Waals surface area contributed by atoms with E-state index in [1.165, 1.54) is 30.7 Å². The van der Waals surface area contributed by atoms with Crippen molar-refractivity contribution >= 4 is 22.8 Å². The number of aryl methyl sites for hydroxylation is 1. The normalized spacial score (nSPS) is 16.3. The summed E-state index contributed by atoms with van der Waals surface area (Å²) in [5.74, 6) is -3.78. The molecule has 0 atom stereocenters. The Labute approximate surface area is 235 Å². The van der Waals surface area contributed by atoms with Crippen LogP contribution in [-0.2, 0) is 29.0 Å². The maximum absolute atomic E-state index is 14.1. The number of phenols is 1. The average molecular weight is 565 g/mol. The van der Waals surface area contributed by atoms with Crippen LogP contribution in [0, 0.1) is 5.82 Å². The number of fused-ring (bicyclic) bond motifs is 2. The fraction of sp³-hybridized carbons (Fsp3) is 0.379. The first-order valence-electron chi connectivity index (χ1n) is 13.6. The van der Waals surface area contributed by atoms with Gasteiger partial charge in [-0.25, -0.2) is 19.0 Å². The van der Waals surface area contributed by atoms with E-state index in [1.54, 1.807) is 0 Å². The molecular formula is C29H33FN6O5. The number of rotatable bonds is 4. The number of aromatic nitrogens is 4. The third-order valence-corrected chi connectivity index (χ3v) is 7.91. The number of carboxylic acids is 2. The van der Waals surface area contributed by atoms with E-state index >= 15 is 0 Å². The number of aromatic amines is 2. The molecular weight excluding hydrogens is 531 g/mol. The van der Waals surface area contributed by atoms with Crippen LogP contribution in [0.4, 0.5) is 4.39 Å². The maximum Gasteiger partial charge on any atom is 0.414 e. The molecule has 0 amide bonds. The van der Waals surface area contributed by atoms with Crippen molar-refractivity contribution < 1.29 is 29.3 Å². The molecule has 1 fully saturated rings. The Morgan fingerprint density at radius 1 is 1.10 bits per heavy atom. The molecule has 216 valence electrons. The van der Waals surface area contributed by atoms with Gasteiger partial charge in [-0.1, -0.05) is 13.0 Å². The van der Waals surface area contributed by atoms with Crippen LogP contribution in [0.1, 0.15) is 36.7 Å². The number of benzene rings is 2. The molecule has 2 aliphatic heterocycles. The zero-order chi connectivity index (χ0) is 29.3. The summed E-state index contributed by atoms with van der Waals surface area (Å²) < 4.78 is 14.1. The summed E-state index contributed by atoms with van der Waals surface area (Å²) in [6.45, 7) is 6.28. The van der Waals surface area contributed by atoms with Crippen LogP contribution in [0.25, 0.3) is 33.5 Å². The number of aliphatic carboxylic acids is 2. The molecule has 0 spiro atoms. The standard InChI is InChI=1S/C27H31FN6O.C2H2O4/c1-3-16-13-25(35)21(28)14-20(16)17-4-5-19-23(12-17)31-32-26(19)27-29-22-8-11-34(15-24(22)30-27)18-6-9-33(2)10-7-18;3-1(4)2(5)6/h4-5,12-14,18,35H,3,6-11,15H2,1-2H3,(H,29,30)(H,31,32);(H,3,4)(H,5,6). The number of H-pyrrole nitrogens is 2. The van der Waals surface area contributed by atoms with Gasteiger partial charge in [0.2, 0.25) is 0 Å². The van der Waals surface area contributed by atoms with Gasteiger partial charge in [-0.05, 0) is 80.4 Å². The van der Waals surface area contributed by atoms with Crippen LogP contribution >= 0.6 is 0 Å². The number of likely N-dealkylation sites (tertiary alicyclic amines) is 1. The summed E-state index contributed by atoms with van der Waals surface area (Å²) in [6, 6.07) is 9.54. The summed E-state index contributed by atoms with van der Waals surface area (Å²) in [5.41, 5.74) is 6.58. The molecule has 11 nitrogen and oxygen atoms in total. The molecule has 6 rings (SSSR count). The summed E-state index contributed by atoms with van der Waals surface area (Å²) in [7, 11) is 2.20. The Kier molecular flexibility index (Phi) is 8.04. The minimum absolute atomic E-state index is 0.313. The first-order chi connectivity index (χ1) is 19.6. The predicted octanol–water partition coefficient (Wildman–Crippen LogP) is 3.64. The fourth-order valence-corrected chi connectivity index (χ4v) is 5.63. The van der Waals surface area contributed by atoms with Gasteiger partial charge in [0.1, 0.15) is 5.69 Å². The van der Waals surface area contributed by atoms with Crippen molar-refractivity contribution in [2.24, 2.45) is 0 Å². The van der Waals surface area contributed by atoms with Crippen molar-refractivity contribution in [1.82, 2.24) is 30.0 Å². The van der Waals surface area contributed by atoms with E-state index in [1.807, 2.05) is 25.1 Å². The molecule has 4 aromatic rings. The zero-order valence-corrected chi connectivity index (χ0v) is 22.9. The van der Waals surface area contributed by atoms with Gasteiger partial charge in [-0.2, -0.15) is 5.10 Å². The van der Waals surface area contributed by atoms with Gasteiger partial charge in [-0.15, -0.1) is 0 Å². The number of carbonyl (C=O) groups is 2. The second-order valence-corrected chi connectivity index (χ2v) is 10.5. The lowest BCUT2D eigenvalue weighted by Crippen LogP contribution is -2.45. The van der Waals surface area contributed by atoms with Gasteiger partial charge >= 0.3 is 11.9 Å². The number of aromatic hydroxyl groups is 1. The number of hydrogen-bond donors (Lipinski definition) is 5. The van der Waals surface area contributed by atoms with Gasteiger partial charge in [0.15, 0.2) is 17.4 Å². The molecule has 5 N–H and O–H groups in total. The number of hydrogen-bond acceptors (Lipinski definition) is 7. The monoisotopic (exact) mass is 564 g/mol. The highest BCUT2D eigenvalue weighted by Crippen LogP contribution is 2.34. The first kappa shape index (κ1) is 28.2. The Morgan fingerprint density at radius 2 is 1.83 bits per heavy atom.